The number of carbonyl (C=O) groups is 1. The highest BCUT2D eigenvalue weighted by Gasteiger charge is 2.24. The Labute approximate surface area is 100 Å². The maximum Gasteiger partial charge on any atom is 0.306 e. The second-order valence-corrected chi connectivity index (χ2v) is 4.52. The van der Waals surface area contributed by atoms with Crippen LogP contribution in [0.4, 0.5) is 0 Å². The van der Waals surface area contributed by atoms with E-state index >= 15 is 0 Å². The van der Waals surface area contributed by atoms with E-state index in [9.17, 15) is 9.90 Å². The highest BCUT2D eigenvalue weighted by atomic mass is 16.4. The predicted molar refractivity (Wildman–Crippen MR) is 65.2 cm³/mol. The van der Waals surface area contributed by atoms with Crippen molar-refractivity contribution in [3.05, 3.63) is 41.5 Å². The number of carboxylic acid groups (broad SMARTS) is 1. The topological polar surface area (TPSA) is 57.5 Å². The van der Waals surface area contributed by atoms with Crippen LogP contribution in [0.5, 0.6) is 5.75 Å². The molecule has 90 valence electrons. The van der Waals surface area contributed by atoms with Gasteiger partial charge < -0.3 is 10.2 Å². The third-order valence-electron chi connectivity index (χ3n) is 3.34. The highest BCUT2D eigenvalue weighted by molar-refractivity contribution is 5.71. The Morgan fingerprint density at radius 1 is 1.47 bits per heavy atom. The van der Waals surface area contributed by atoms with E-state index in [1.807, 2.05) is 6.07 Å². The molecule has 1 unspecified atom stereocenters. The summed E-state index contributed by atoms with van der Waals surface area (Å²) in [5.74, 6) is -0.813. The molecule has 1 aromatic rings. The molecule has 17 heavy (non-hydrogen) atoms. The van der Waals surface area contributed by atoms with Gasteiger partial charge in [0.1, 0.15) is 5.75 Å². The monoisotopic (exact) mass is 232 g/mol. The first-order chi connectivity index (χ1) is 8.11. The maximum atomic E-state index is 10.9. The van der Waals surface area contributed by atoms with Gasteiger partial charge in [-0.25, -0.2) is 0 Å². The van der Waals surface area contributed by atoms with Crippen molar-refractivity contribution in [3.8, 4) is 5.75 Å². The van der Waals surface area contributed by atoms with E-state index in [4.69, 9.17) is 5.11 Å². The van der Waals surface area contributed by atoms with Crippen LogP contribution in [0.25, 0.3) is 0 Å². The first kappa shape index (κ1) is 11.7. The van der Waals surface area contributed by atoms with Gasteiger partial charge in [0.05, 0.1) is 5.92 Å². The van der Waals surface area contributed by atoms with E-state index in [2.05, 4.69) is 6.58 Å². The number of phenols is 1. The summed E-state index contributed by atoms with van der Waals surface area (Å²) in [5.41, 5.74) is 3.00. The van der Waals surface area contributed by atoms with Crippen LogP contribution in [0.2, 0.25) is 0 Å². The molecular weight excluding hydrogens is 216 g/mol. The number of rotatable bonds is 3. The average molecular weight is 232 g/mol. The Morgan fingerprint density at radius 3 is 2.88 bits per heavy atom. The molecule has 0 spiro atoms. The molecule has 0 aliphatic heterocycles. The molecule has 0 saturated carbocycles. The lowest BCUT2D eigenvalue weighted by Gasteiger charge is -2.22. The summed E-state index contributed by atoms with van der Waals surface area (Å²) in [6, 6.07) is 3.69. The summed E-state index contributed by atoms with van der Waals surface area (Å²) >= 11 is 0. The van der Waals surface area contributed by atoms with Crippen LogP contribution in [0.1, 0.15) is 23.1 Å². The fraction of sp³-hybridized carbons (Fsp3) is 0.357. The van der Waals surface area contributed by atoms with Crippen molar-refractivity contribution in [2.24, 2.45) is 5.92 Å². The third kappa shape index (κ3) is 2.33. The van der Waals surface area contributed by atoms with Gasteiger partial charge in [0, 0.05) is 0 Å². The molecule has 0 saturated heterocycles. The summed E-state index contributed by atoms with van der Waals surface area (Å²) < 4.78 is 0. The van der Waals surface area contributed by atoms with E-state index in [1.165, 1.54) is 0 Å². The number of aromatic hydroxyl groups is 1. The van der Waals surface area contributed by atoms with Gasteiger partial charge in [0.15, 0.2) is 0 Å². The first-order valence-corrected chi connectivity index (χ1v) is 5.79. The van der Waals surface area contributed by atoms with Crippen LogP contribution >= 0.6 is 0 Å². The van der Waals surface area contributed by atoms with Crippen LogP contribution in [0.15, 0.2) is 24.8 Å². The Hall–Kier alpha value is -1.77. The lowest BCUT2D eigenvalue weighted by Crippen LogP contribution is -2.22. The lowest BCUT2D eigenvalue weighted by atomic mass is 9.83. The molecule has 1 aliphatic rings. The van der Waals surface area contributed by atoms with Crippen molar-refractivity contribution in [2.45, 2.75) is 25.7 Å². The van der Waals surface area contributed by atoms with E-state index in [1.54, 1.807) is 12.1 Å². The van der Waals surface area contributed by atoms with Gasteiger partial charge in [-0.3, -0.25) is 4.79 Å². The molecule has 0 amide bonds. The van der Waals surface area contributed by atoms with Crippen molar-refractivity contribution >= 4 is 5.97 Å². The number of fused-ring (bicyclic) bond motifs is 1. The van der Waals surface area contributed by atoms with Crippen molar-refractivity contribution in [2.75, 3.05) is 0 Å². The zero-order chi connectivity index (χ0) is 12.4. The second-order valence-electron chi connectivity index (χ2n) is 4.52. The second kappa shape index (κ2) is 4.62. The number of hydrogen-bond donors (Lipinski definition) is 2. The van der Waals surface area contributed by atoms with Crippen molar-refractivity contribution in [1.29, 1.82) is 0 Å². The summed E-state index contributed by atoms with van der Waals surface area (Å²) in [5, 5.41) is 18.8. The number of aliphatic carboxylic acids is 1. The molecule has 1 atom stereocenters. The van der Waals surface area contributed by atoms with Crippen molar-refractivity contribution < 1.29 is 15.0 Å². The quantitative estimate of drug-likeness (QED) is 0.786. The minimum absolute atomic E-state index is 0.245. The van der Waals surface area contributed by atoms with Crippen LogP contribution in [0.3, 0.4) is 0 Å². The standard InChI is InChI=1S/C14H16O3/c1-2-3-10-6-9-4-5-11(14(16)17)7-12(9)8-13(10)15/h2,6,8,11,15H,1,3-5,7H2,(H,16,17). The van der Waals surface area contributed by atoms with Crippen LogP contribution in [-0.4, -0.2) is 16.2 Å². The Kier molecular flexibility index (Phi) is 3.18. The van der Waals surface area contributed by atoms with Gasteiger partial charge in [0.2, 0.25) is 0 Å². The largest absolute Gasteiger partial charge is 0.508 e. The summed E-state index contributed by atoms with van der Waals surface area (Å²) in [7, 11) is 0. The van der Waals surface area contributed by atoms with Gasteiger partial charge in [-0.15, -0.1) is 6.58 Å². The number of aryl methyl sites for hydroxylation is 1. The summed E-state index contributed by atoms with van der Waals surface area (Å²) in [6.45, 7) is 3.66. The summed E-state index contributed by atoms with van der Waals surface area (Å²) in [4.78, 5) is 10.9. The van der Waals surface area contributed by atoms with E-state index in [0.29, 0.717) is 19.3 Å². The van der Waals surface area contributed by atoms with E-state index in [0.717, 1.165) is 23.1 Å². The van der Waals surface area contributed by atoms with Crippen molar-refractivity contribution in [3.63, 3.8) is 0 Å². The molecule has 0 heterocycles. The number of benzene rings is 1. The molecular formula is C14H16O3. The molecule has 0 radical (unpaired) electrons. The predicted octanol–water partition coefficient (Wildman–Crippen LogP) is 2.31. The molecule has 0 bridgehead atoms. The number of phenolic OH excluding ortho intramolecular Hbond substituents is 1. The zero-order valence-corrected chi connectivity index (χ0v) is 9.65. The fourth-order valence-corrected chi connectivity index (χ4v) is 2.38. The van der Waals surface area contributed by atoms with Crippen LogP contribution in [-0.2, 0) is 24.1 Å². The molecule has 0 fully saturated rings. The van der Waals surface area contributed by atoms with Gasteiger partial charge in [-0.2, -0.15) is 0 Å². The summed E-state index contributed by atoms with van der Waals surface area (Å²) in [6.07, 6.45) is 4.37. The molecule has 0 aromatic heterocycles. The molecule has 2 N–H and O–H groups in total. The SMILES string of the molecule is C=CCc1cc2c(cc1O)CC(C(=O)O)CC2. The number of hydrogen-bond acceptors (Lipinski definition) is 2. The molecule has 3 heteroatoms. The highest BCUT2D eigenvalue weighted by Crippen LogP contribution is 2.31. The van der Waals surface area contributed by atoms with Gasteiger partial charge in [-0.05, 0) is 48.4 Å². The van der Waals surface area contributed by atoms with E-state index < -0.39 is 5.97 Å². The molecule has 1 aromatic carbocycles. The maximum absolute atomic E-state index is 10.9. The minimum atomic E-state index is -0.745. The average Bonchev–Trinajstić information content (AvgIpc) is 2.29. The van der Waals surface area contributed by atoms with Crippen LogP contribution in [0, 0.1) is 5.92 Å². The smallest absolute Gasteiger partial charge is 0.306 e. The third-order valence-corrected chi connectivity index (χ3v) is 3.34. The number of allylic oxidation sites excluding steroid dienone is 1. The Balaban J connectivity index is 2.31. The fourth-order valence-electron chi connectivity index (χ4n) is 2.38. The first-order valence-electron chi connectivity index (χ1n) is 5.79. The minimum Gasteiger partial charge on any atom is -0.508 e. The lowest BCUT2D eigenvalue weighted by molar-refractivity contribution is -0.142. The molecule has 2 rings (SSSR count). The normalized spacial score (nSPS) is 18.5. The Morgan fingerprint density at radius 2 is 2.24 bits per heavy atom. The Bertz CT molecular complexity index is 463. The number of carboxylic acids is 1. The molecule has 3 nitrogen and oxygen atoms in total. The van der Waals surface area contributed by atoms with Gasteiger partial charge in [0.25, 0.3) is 0 Å². The van der Waals surface area contributed by atoms with Gasteiger partial charge in [-0.1, -0.05) is 12.1 Å². The zero-order valence-electron chi connectivity index (χ0n) is 9.65. The van der Waals surface area contributed by atoms with Crippen LogP contribution < -0.4 is 0 Å². The van der Waals surface area contributed by atoms with Crippen molar-refractivity contribution in [1.82, 2.24) is 0 Å². The van der Waals surface area contributed by atoms with Gasteiger partial charge >= 0.3 is 5.97 Å². The molecule has 1 aliphatic carbocycles. The van der Waals surface area contributed by atoms with E-state index in [-0.39, 0.29) is 11.7 Å².